The first kappa shape index (κ1) is 11.9. The summed E-state index contributed by atoms with van der Waals surface area (Å²) < 4.78 is 0. The van der Waals surface area contributed by atoms with Crippen molar-refractivity contribution in [3.05, 3.63) is 0 Å². The summed E-state index contributed by atoms with van der Waals surface area (Å²) in [7, 11) is 2.18. The molecule has 0 aromatic carbocycles. The molecule has 1 N–H and O–H groups in total. The van der Waals surface area contributed by atoms with Gasteiger partial charge in [-0.3, -0.25) is 4.79 Å². The zero-order valence-electron chi connectivity index (χ0n) is 10.2. The lowest BCUT2D eigenvalue weighted by molar-refractivity contribution is -0.139. The standard InChI is InChI=1S/C13H23NO2/c1-14-8-4-7-11(9-12(15)16)13(14)10-5-2-3-6-10/h10-11,13H,2-9H2,1H3,(H,15,16)/t11-,13-/m1/s1. The van der Waals surface area contributed by atoms with Gasteiger partial charge in [-0.15, -0.1) is 0 Å². The van der Waals surface area contributed by atoms with Crippen LogP contribution in [0.1, 0.15) is 44.9 Å². The molecule has 1 saturated carbocycles. The van der Waals surface area contributed by atoms with Crippen molar-refractivity contribution in [2.24, 2.45) is 11.8 Å². The van der Waals surface area contributed by atoms with Crippen LogP contribution in [0.15, 0.2) is 0 Å². The molecule has 2 fully saturated rings. The van der Waals surface area contributed by atoms with Crippen LogP contribution in [0, 0.1) is 11.8 Å². The van der Waals surface area contributed by atoms with Gasteiger partial charge in [0.15, 0.2) is 0 Å². The highest BCUT2D eigenvalue weighted by Crippen LogP contribution is 2.38. The van der Waals surface area contributed by atoms with Crippen LogP contribution in [0.3, 0.4) is 0 Å². The van der Waals surface area contributed by atoms with E-state index in [1.54, 1.807) is 0 Å². The summed E-state index contributed by atoms with van der Waals surface area (Å²) in [6.45, 7) is 1.15. The lowest BCUT2D eigenvalue weighted by Gasteiger charge is -2.42. The monoisotopic (exact) mass is 225 g/mol. The van der Waals surface area contributed by atoms with E-state index in [1.807, 2.05) is 0 Å². The first-order valence-corrected chi connectivity index (χ1v) is 6.60. The Kier molecular flexibility index (Phi) is 3.85. The van der Waals surface area contributed by atoms with Crippen molar-refractivity contribution >= 4 is 5.97 Å². The maximum Gasteiger partial charge on any atom is 0.303 e. The molecule has 3 nitrogen and oxygen atoms in total. The van der Waals surface area contributed by atoms with E-state index in [4.69, 9.17) is 5.11 Å². The molecule has 2 rings (SSSR count). The van der Waals surface area contributed by atoms with E-state index in [1.165, 1.54) is 25.7 Å². The van der Waals surface area contributed by atoms with Crippen molar-refractivity contribution in [1.82, 2.24) is 4.90 Å². The third kappa shape index (κ3) is 2.57. The second-order valence-corrected chi connectivity index (χ2v) is 5.52. The second kappa shape index (κ2) is 5.17. The first-order valence-electron chi connectivity index (χ1n) is 6.60. The number of likely N-dealkylation sites (tertiary alicyclic amines) is 1. The maximum atomic E-state index is 10.9. The average Bonchev–Trinajstić information content (AvgIpc) is 2.69. The third-order valence-electron chi connectivity index (χ3n) is 4.40. The van der Waals surface area contributed by atoms with Crippen molar-refractivity contribution in [2.45, 2.75) is 51.0 Å². The SMILES string of the molecule is CN1CCC[C@H](CC(=O)O)[C@H]1C1CCCC1. The van der Waals surface area contributed by atoms with Crippen molar-refractivity contribution in [3.8, 4) is 0 Å². The van der Waals surface area contributed by atoms with Crippen LogP contribution < -0.4 is 0 Å². The molecule has 0 bridgehead atoms. The minimum absolute atomic E-state index is 0.367. The molecular weight excluding hydrogens is 202 g/mol. The fourth-order valence-corrected chi connectivity index (χ4v) is 3.77. The zero-order valence-corrected chi connectivity index (χ0v) is 10.2. The van der Waals surface area contributed by atoms with Gasteiger partial charge in [-0.05, 0) is 51.1 Å². The zero-order chi connectivity index (χ0) is 11.5. The van der Waals surface area contributed by atoms with E-state index in [0.29, 0.717) is 18.4 Å². The topological polar surface area (TPSA) is 40.5 Å². The van der Waals surface area contributed by atoms with Crippen LogP contribution in [0.4, 0.5) is 0 Å². The van der Waals surface area contributed by atoms with Crippen molar-refractivity contribution < 1.29 is 9.90 Å². The summed E-state index contributed by atoms with van der Waals surface area (Å²) >= 11 is 0. The van der Waals surface area contributed by atoms with E-state index in [0.717, 1.165) is 25.3 Å². The number of carboxylic acid groups (broad SMARTS) is 1. The third-order valence-corrected chi connectivity index (χ3v) is 4.40. The summed E-state index contributed by atoms with van der Waals surface area (Å²) in [6, 6.07) is 0.535. The first-order chi connectivity index (χ1) is 7.68. The van der Waals surface area contributed by atoms with E-state index in [-0.39, 0.29) is 0 Å². The van der Waals surface area contributed by atoms with Gasteiger partial charge in [0.05, 0.1) is 0 Å². The molecule has 92 valence electrons. The van der Waals surface area contributed by atoms with Gasteiger partial charge in [0.1, 0.15) is 0 Å². The Labute approximate surface area is 97.8 Å². The number of hydrogen-bond acceptors (Lipinski definition) is 2. The van der Waals surface area contributed by atoms with E-state index in [9.17, 15) is 4.79 Å². The fourth-order valence-electron chi connectivity index (χ4n) is 3.77. The number of hydrogen-bond donors (Lipinski definition) is 1. The number of rotatable bonds is 3. The lowest BCUT2D eigenvalue weighted by Crippen LogP contribution is -2.47. The second-order valence-electron chi connectivity index (χ2n) is 5.52. The van der Waals surface area contributed by atoms with Gasteiger partial charge in [0, 0.05) is 12.5 Å². The Morgan fingerprint density at radius 2 is 1.94 bits per heavy atom. The number of carboxylic acids is 1. The molecule has 1 aliphatic heterocycles. The molecule has 3 heteroatoms. The summed E-state index contributed by atoms with van der Waals surface area (Å²) in [5, 5.41) is 8.99. The van der Waals surface area contributed by atoms with E-state index in [2.05, 4.69) is 11.9 Å². The molecule has 0 radical (unpaired) electrons. The molecule has 2 atom stereocenters. The van der Waals surface area contributed by atoms with Gasteiger partial charge >= 0.3 is 5.97 Å². The molecule has 1 aliphatic carbocycles. The highest BCUT2D eigenvalue weighted by atomic mass is 16.4. The smallest absolute Gasteiger partial charge is 0.303 e. The van der Waals surface area contributed by atoms with Crippen LogP contribution in [0.2, 0.25) is 0 Å². The van der Waals surface area contributed by atoms with E-state index < -0.39 is 5.97 Å². The van der Waals surface area contributed by atoms with Gasteiger partial charge in [0.2, 0.25) is 0 Å². The number of nitrogens with zero attached hydrogens (tertiary/aromatic N) is 1. The lowest BCUT2D eigenvalue weighted by atomic mass is 9.79. The summed E-state index contributed by atoms with van der Waals surface area (Å²) in [5.41, 5.74) is 0. The Bertz CT molecular complexity index is 248. The predicted molar refractivity (Wildman–Crippen MR) is 63.4 cm³/mol. The van der Waals surface area contributed by atoms with Gasteiger partial charge < -0.3 is 10.0 Å². The quantitative estimate of drug-likeness (QED) is 0.801. The minimum Gasteiger partial charge on any atom is -0.481 e. The molecule has 1 saturated heterocycles. The summed E-state index contributed by atoms with van der Waals surface area (Å²) in [5.74, 6) is 0.525. The van der Waals surface area contributed by atoms with Crippen molar-refractivity contribution in [1.29, 1.82) is 0 Å². The molecule has 0 aromatic heterocycles. The Balaban J connectivity index is 2.04. The molecule has 0 spiro atoms. The molecule has 0 unspecified atom stereocenters. The van der Waals surface area contributed by atoms with Crippen LogP contribution in [0.5, 0.6) is 0 Å². The van der Waals surface area contributed by atoms with Crippen molar-refractivity contribution in [3.63, 3.8) is 0 Å². The van der Waals surface area contributed by atoms with Gasteiger partial charge in [0.25, 0.3) is 0 Å². The van der Waals surface area contributed by atoms with Crippen LogP contribution in [0.25, 0.3) is 0 Å². The molecule has 0 aromatic rings. The van der Waals surface area contributed by atoms with Crippen LogP contribution >= 0.6 is 0 Å². The fraction of sp³-hybridized carbons (Fsp3) is 0.923. The van der Waals surface area contributed by atoms with E-state index >= 15 is 0 Å². The average molecular weight is 225 g/mol. The van der Waals surface area contributed by atoms with Gasteiger partial charge in [-0.2, -0.15) is 0 Å². The minimum atomic E-state index is -0.622. The van der Waals surface area contributed by atoms with Crippen LogP contribution in [-0.4, -0.2) is 35.6 Å². The highest BCUT2D eigenvalue weighted by molar-refractivity contribution is 5.67. The summed E-state index contributed by atoms with van der Waals surface area (Å²) in [4.78, 5) is 13.3. The number of carbonyl (C=O) groups is 1. The molecule has 0 amide bonds. The largest absolute Gasteiger partial charge is 0.481 e. The Hall–Kier alpha value is -0.570. The molecule has 1 heterocycles. The van der Waals surface area contributed by atoms with Gasteiger partial charge in [-0.25, -0.2) is 0 Å². The normalized spacial score (nSPS) is 33.1. The highest BCUT2D eigenvalue weighted by Gasteiger charge is 2.37. The molecular formula is C13H23NO2. The molecule has 2 aliphatic rings. The summed E-state index contributed by atoms with van der Waals surface area (Å²) in [6.07, 6.45) is 7.95. The van der Waals surface area contributed by atoms with Crippen molar-refractivity contribution in [2.75, 3.05) is 13.6 Å². The predicted octanol–water partition coefficient (Wildman–Crippen LogP) is 2.36. The molecule has 16 heavy (non-hydrogen) atoms. The van der Waals surface area contributed by atoms with Crippen LogP contribution in [-0.2, 0) is 4.79 Å². The maximum absolute atomic E-state index is 10.9. The van der Waals surface area contributed by atoms with Gasteiger partial charge in [-0.1, -0.05) is 12.8 Å². The Morgan fingerprint density at radius 3 is 2.56 bits per heavy atom. The Morgan fingerprint density at radius 1 is 1.25 bits per heavy atom. The number of aliphatic carboxylic acids is 1. The number of piperidine rings is 1.